The van der Waals surface area contributed by atoms with E-state index in [1.807, 2.05) is 24.3 Å². The van der Waals surface area contributed by atoms with Crippen molar-refractivity contribution in [1.29, 1.82) is 0 Å². The van der Waals surface area contributed by atoms with E-state index in [2.05, 4.69) is 0 Å². The van der Waals surface area contributed by atoms with E-state index in [1.165, 1.54) is 0 Å². The summed E-state index contributed by atoms with van der Waals surface area (Å²) >= 11 is 0. The molecule has 1 aliphatic rings. The average molecular weight is 368 g/mol. The summed E-state index contributed by atoms with van der Waals surface area (Å²) in [5.41, 5.74) is 1.26. The van der Waals surface area contributed by atoms with Crippen LogP contribution in [0.2, 0.25) is 0 Å². The van der Waals surface area contributed by atoms with E-state index < -0.39 is 29.6 Å². The molecule has 140 valence electrons. The lowest BCUT2D eigenvalue weighted by molar-refractivity contribution is -0.148. The Morgan fingerprint density at radius 1 is 1.04 bits per heavy atom. The highest BCUT2D eigenvalue weighted by atomic mass is 16.6. The van der Waals surface area contributed by atoms with Crippen LogP contribution in [0.3, 0.4) is 0 Å². The minimum absolute atomic E-state index is 0.164. The SMILES string of the molecule is COc1ccc(COc2cccc3c2C(=O)C(OC(=O)C(C)C)C3=O)cc1. The number of carbonyl (C=O) groups excluding carboxylic acids is 3. The molecule has 0 bridgehead atoms. The molecule has 3 rings (SSSR count). The van der Waals surface area contributed by atoms with Gasteiger partial charge in [-0.2, -0.15) is 0 Å². The van der Waals surface area contributed by atoms with E-state index in [-0.39, 0.29) is 17.7 Å². The molecule has 0 radical (unpaired) electrons. The summed E-state index contributed by atoms with van der Waals surface area (Å²) in [6.45, 7) is 3.50. The van der Waals surface area contributed by atoms with Crippen molar-refractivity contribution in [2.75, 3.05) is 7.11 Å². The van der Waals surface area contributed by atoms with Crippen molar-refractivity contribution in [3.05, 3.63) is 59.2 Å². The molecule has 6 heteroatoms. The number of Topliss-reactive ketones (excluding diaryl/α,β-unsaturated/α-hetero) is 2. The number of esters is 1. The zero-order valence-electron chi connectivity index (χ0n) is 15.4. The third-order valence-electron chi connectivity index (χ3n) is 4.27. The van der Waals surface area contributed by atoms with Crippen LogP contribution < -0.4 is 9.47 Å². The molecule has 1 aliphatic carbocycles. The van der Waals surface area contributed by atoms with Crippen LogP contribution in [0.5, 0.6) is 11.5 Å². The Morgan fingerprint density at radius 3 is 2.37 bits per heavy atom. The van der Waals surface area contributed by atoms with Gasteiger partial charge in [0.25, 0.3) is 0 Å². The van der Waals surface area contributed by atoms with Crippen LogP contribution in [-0.4, -0.2) is 30.7 Å². The van der Waals surface area contributed by atoms with E-state index in [0.29, 0.717) is 5.75 Å². The lowest BCUT2D eigenvalue weighted by Crippen LogP contribution is -2.30. The van der Waals surface area contributed by atoms with Gasteiger partial charge < -0.3 is 14.2 Å². The standard InChI is InChI=1S/C21H20O6/c1-12(2)21(24)27-20-18(22)15-5-4-6-16(17(15)19(20)23)26-11-13-7-9-14(25-3)10-8-13/h4-10,12,20H,11H2,1-3H3. The lowest BCUT2D eigenvalue weighted by atomic mass is 10.1. The number of ether oxygens (including phenoxy) is 3. The molecule has 0 saturated carbocycles. The Labute approximate surface area is 157 Å². The Morgan fingerprint density at radius 2 is 1.74 bits per heavy atom. The molecule has 1 unspecified atom stereocenters. The molecule has 0 aromatic heterocycles. The van der Waals surface area contributed by atoms with Gasteiger partial charge in [0.05, 0.1) is 18.6 Å². The highest BCUT2D eigenvalue weighted by Crippen LogP contribution is 2.33. The van der Waals surface area contributed by atoms with Gasteiger partial charge in [-0.1, -0.05) is 38.1 Å². The van der Waals surface area contributed by atoms with Gasteiger partial charge >= 0.3 is 5.97 Å². The molecule has 0 amide bonds. The van der Waals surface area contributed by atoms with Crippen molar-refractivity contribution in [3.63, 3.8) is 0 Å². The topological polar surface area (TPSA) is 78.9 Å². The van der Waals surface area contributed by atoms with Crippen molar-refractivity contribution in [2.45, 2.75) is 26.6 Å². The van der Waals surface area contributed by atoms with Crippen LogP contribution in [0, 0.1) is 5.92 Å². The smallest absolute Gasteiger partial charge is 0.309 e. The van der Waals surface area contributed by atoms with Crippen LogP contribution in [0.25, 0.3) is 0 Å². The van der Waals surface area contributed by atoms with Crippen LogP contribution in [0.1, 0.15) is 40.1 Å². The minimum atomic E-state index is -1.43. The summed E-state index contributed by atoms with van der Waals surface area (Å²) in [6.07, 6.45) is -1.43. The van der Waals surface area contributed by atoms with E-state index in [9.17, 15) is 14.4 Å². The number of hydrogen-bond acceptors (Lipinski definition) is 6. The highest BCUT2D eigenvalue weighted by molar-refractivity contribution is 6.30. The molecule has 0 fully saturated rings. The fraction of sp³-hybridized carbons (Fsp3) is 0.286. The molecule has 2 aromatic rings. The van der Waals surface area contributed by atoms with Crippen LogP contribution in [0.4, 0.5) is 0 Å². The predicted molar refractivity (Wildman–Crippen MR) is 97.1 cm³/mol. The zero-order valence-corrected chi connectivity index (χ0v) is 15.4. The second-order valence-electron chi connectivity index (χ2n) is 6.52. The number of benzene rings is 2. The normalized spacial score (nSPS) is 15.6. The Balaban J connectivity index is 1.80. The fourth-order valence-corrected chi connectivity index (χ4v) is 2.74. The third kappa shape index (κ3) is 3.69. The summed E-state index contributed by atoms with van der Waals surface area (Å²) in [6, 6.07) is 12.1. The number of fused-ring (bicyclic) bond motifs is 1. The van der Waals surface area contributed by atoms with Crippen LogP contribution in [0.15, 0.2) is 42.5 Å². The maximum Gasteiger partial charge on any atom is 0.309 e. The Bertz CT molecular complexity index is 882. The van der Waals surface area contributed by atoms with Crippen molar-refractivity contribution >= 4 is 17.5 Å². The molecule has 0 spiro atoms. The number of hydrogen-bond donors (Lipinski definition) is 0. The van der Waals surface area contributed by atoms with E-state index in [0.717, 1.165) is 11.3 Å². The molecule has 1 atom stereocenters. The first-order valence-corrected chi connectivity index (χ1v) is 8.60. The summed E-state index contributed by atoms with van der Waals surface area (Å²) in [7, 11) is 1.59. The van der Waals surface area contributed by atoms with Crippen LogP contribution >= 0.6 is 0 Å². The number of methoxy groups -OCH3 is 1. The number of rotatable bonds is 6. The molecular weight excluding hydrogens is 348 g/mol. The first kappa shape index (κ1) is 18.6. The molecule has 0 N–H and O–H groups in total. The second kappa shape index (κ2) is 7.61. The summed E-state index contributed by atoms with van der Waals surface area (Å²) in [5, 5.41) is 0. The van der Waals surface area contributed by atoms with Gasteiger partial charge in [-0.05, 0) is 23.8 Å². The van der Waals surface area contributed by atoms with Crippen molar-refractivity contribution in [2.24, 2.45) is 5.92 Å². The number of ketones is 2. The fourth-order valence-electron chi connectivity index (χ4n) is 2.74. The average Bonchev–Trinajstić information content (AvgIpc) is 2.92. The van der Waals surface area contributed by atoms with Gasteiger partial charge in [0.1, 0.15) is 18.1 Å². The quantitative estimate of drug-likeness (QED) is 0.575. The molecule has 6 nitrogen and oxygen atoms in total. The maximum atomic E-state index is 12.7. The van der Waals surface area contributed by atoms with Crippen molar-refractivity contribution in [1.82, 2.24) is 0 Å². The van der Waals surface area contributed by atoms with Crippen molar-refractivity contribution < 1.29 is 28.6 Å². The summed E-state index contributed by atoms with van der Waals surface area (Å²) in [4.78, 5) is 37.0. The minimum Gasteiger partial charge on any atom is -0.497 e. The molecule has 2 aromatic carbocycles. The first-order chi connectivity index (χ1) is 12.9. The third-order valence-corrected chi connectivity index (χ3v) is 4.27. The van der Waals surface area contributed by atoms with Gasteiger partial charge in [0, 0.05) is 5.56 Å². The van der Waals surface area contributed by atoms with Crippen molar-refractivity contribution in [3.8, 4) is 11.5 Å². The Kier molecular flexibility index (Phi) is 5.26. The second-order valence-corrected chi connectivity index (χ2v) is 6.52. The first-order valence-electron chi connectivity index (χ1n) is 8.60. The van der Waals surface area contributed by atoms with E-state index in [1.54, 1.807) is 39.2 Å². The predicted octanol–water partition coefficient (Wildman–Crippen LogP) is 3.22. The molecular formula is C21H20O6. The van der Waals surface area contributed by atoms with E-state index >= 15 is 0 Å². The van der Waals surface area contributed by atoms with Gasteiger partial charge in [-0.15, -0.1) is 0 Å². The van der Waals surface area contributed by atoms with Crippen LogP contribution in [-0.2, 0) is 16.1 Å². The maximum absolute atomic E-state index is 12.7. The van der Waals surface area contributed by atoms with Gasteiger partial charge in [0.2, 0.25) is 17.7 Å². The van der Waals surface area contributed by atoms with E-state index in [4.69, 9.17) is 14.2 Å². The largest absolute Gasteiger partial charge is 0.497 e. The Hall–Kier alpha value is -3.15. The number of carbonyl (C=O) groups is 3. The monoisotopic (exact) mass is 368 g/mol. The molecule has 27 heavy (non-hydrogen) atoms. The highest BCUT2D eigenvalue weighted by Gasteiger charge is 2.43. The summed E-state index contributed by atoms with van der Waals surface area (Å²) in [5.74, 6) is -1.05. The molecule has 0 saturated heterocycles. The summed E-state index contributed by atoms with van der Waals surface area (Å²) < 4.78 is 16.0. The van der Waals surface area contributed by atoms with Gasteiger partial charge in [-0.3, -0.25) is 14.4 Å². The molecule has 0 aliphatic heterocycles. The van der Waals surface area contributed by atoms with Gasteiger partial charge in [-0.25, -0.2) is 0 Å². The van der Waals surface area contributed by atoms with Gasteiger partial charge in [0.15, 0.2) is 0 Å². The lowest BCUT2D eigenvalue weighted by Gasteiger charge is -2.12. The zero-order chi connectivity index (χ0) is 19.6. The molecule has 0 heterocycles.